The van der Waals surface area contributed by atoms with Gasteiger partial charge in [0.2, 0.25) is 0 Å². The fourth-order valence-electron chi connectivity index (χ4n) is 2.15. The van der Waals surface area contributed by atoms with Crippen LogP contribution in [0.2, 0.25) is 10.0 Å². The van der Waals surface area contributed by atoms with Gasteiger partial charge >= 0.3 is 5.97 Å². The van der Waals surface area contributed by atoms with E-state index in [1.807, 2.05) is 0 Å². The van der Waals surface area contributed by atoms with E-state index in [9.17, 15) is 9.59 Å². The molecule has 0 aliphatic carbocycles. The third-order valence-electron chi connectivity index (χ3n) is 3.54. The molecule has 0 atom stereocenters. The van der Waals surface area contributed by atoms with E-state index < -0.39 is 18.5 Å². The molecule has 0 saturated carbocycles. The molecule has 0 radical (unpaired) electrons. The molecular weight excluding hydrogens is 393 g/mol. The van der Waals surface area contributed by atoms with Crippen molar-refractivity contribution in [1.82, 2.24) is 25.5 Å². The van der Waals surface area contributed by atoms with Gasteiger partial charge in [0.15, 0.2) is 6.61 Å². The molecule has 138 valence electrons. The molecule has 27 heavy (non-hydrogen) atoms. The van der Waals surface area contributed by atoms with Crippen LogP contribution in [0.4, 0.5) is 0 Å². The average Bonchev–Trinajstić information content (AvgIpc) is 3.20. The Balaban J connectivity index is 1.49. The van der Waals surface area contributed by atoms with Crippen molar-refractivity contribution in [3.05, 3.63) is 70.0 Å². The number of nitrogens with one attached hydrogen (secondary N) is 1. The van der Waals surface area contributed by atoms with Crippen LogP contribution in [-0.4, -0.2) is 38.7 Å². The molecule has 0 spiro atoms. The van der Waals surface area contributed by atoms with Crippen molar-refractivity contribution < 1.29 is 14.3 Å². The fourth-order valence-corrected chi connectivity index (χ4v) is 2.63. The van der Waals surface area contributed by atoms with Crippen LogP contribution in [0.15, 0.2) is 48.8 Å². The molecule has 1 amide bonds. The van der Waals surface area contributed by atoms with Gasteiger partial charge in [0.05, 0.1) is 11.3 Å². The number of carbonyl (C=O) groups is 2. The maximum atomic E-state index is 12.0. The summed E-state index contributed by atoms with van der Waals surface area (Å²) in [5, 5.41) is 14.4. The van der Waals surface area contributed by atoms with Crippen molar-refractivity contribution in [2.45, 2.75) is 6.54 Å². The normalized spacial score (nSPS) is 10.4. The first kappa shape index (κ1) is 18.8. The molecule has 0 bridgehead atoms. The number of carbonyl (C=O) groups excluding carboxylic acids is 2. The van der Waals surface area contributed by atoms with Crippen molar-refractivity contribution in [1.29, 1.82) is 0 Å². The SMILES string of the molecule is O=C(COC(=O)c1ccc(-n2cnnn2)cc1)NCc1ccc(Cl)cc1Cl. The van der Waals surface area contributed by atoms with E-state index in [0.29, 0.717) is 26.9 Å². The van der Waals surface area contributed by atoms with Crippen LogP contribution in [0.3, 0.4) is 0 Å². The second-order valence-electron chi connectivity index (χ2n) is 5.39. The molecule has 0 saturated heterocycles. The summed E-state index contributed by atoms with van der Waals surface area (Å²) >= 11 is 11.9. The summed E-state index contributed by atoms with van der Waals surface area (Å²) in [4.78, 5) is 23.9. The predicted molar refractivity (Wildman–Crippen MR) is 97.7 cm³/mol. The van der Waals surface area contributed by atoms with Gasteiger partial charge in [0.25, 0.3) is 5.91 Å². The minimum absolute atomic E-state index is 0.201. The number of ether oxygens (including phenoxy) is 1. The van der Waals surface area contributed by atoms with Crippen molar-refractivity contribution in [3.8, 4) is 5.69 Å². The Labute approximate surface area is 164 Å². The zero-order valence-corrected chi connectivity index (χ0v) is 15.3. The first-order chi connectivity index (χ1) is 13.0. The van der Waals surface area contributed by atoms with Gasteiger partial charge in [-0.25, -0.2) is 9.48 Å². The van der Waals surface area contributed by atoms with Crippen LogP contribution >= 0.6 is 23.2 Å². The predicted octanol–water partition coefficient (Wildman–Crippen LogP) is 2.44. The molecule has 0 unspecified atom stereocenters. The van der Waals surface area contributed by atoms with Gasteiger partial charge in [-0.1, -0.05) is 29.3 Å². The molecule has 0 aliphatic heterocycles. The van der Waals surface area contributed by atoms with Gasteiger partial charge < -0.3 is 10.1 Å². The lowest BCUT2D eigenvalue weighted by Gasteiger charge is -2.08. The van der Waals surface area contributed by atoms with E-state index in [4.69, 9.17) is 27.9 Å². The zero-order valence-electron chi connectivity index (χ0n) is 13.8. The lowest BCUT2D eigenvalue weighted by molar-refractivity contribution is -0.124. The molecule has 3 rings (SSSR count). The Kier molecular flexibility index (Phi) is 6.00. The highest BCUT2D eigenvalue weighted by Gasteiger charge is 2.11. The largest absolute Gasteiger partial charge is 0.452 e. The summed E-state index contributed by atoms with van der Waals surface area (Å²) < 4.78 is 6.45. The third kappa shape index (κ3) is 5.02. The summed E-state index contributed by atoms with van der Waals surface area (Å²) in [6.45, 7) is -0.203. The Morgan fingerprint density at radius 2 is 1.89 bits per heavy atom. The van der Waals surface area contributed by atoms with E-state index in [2.05, 4.69) is 20.8 Å². The van der Waals surface area contributed by atoms with Gasteiger partial charge in [-0.3, -0.25) is 4.79 Å². The van der Waals surface area contributed by atoms with Crippen LogP contribution < -0.4 is 5.32 Å². The number of hydrogen-bond acceptors (Lipinski definition) is 6. The Hall–Kier alpha value is -2.97. The standard InChI is InChI=1S/C17H13Cl2N5O3/c18-13-4-1-12(15(19)7-13)8-20-16(25)9-27-17(26)11-2-5-14(6-3-11)24-10-21-22-23-24/h1-7,10H,8-9H2,(H,20,25). The molecule has 0 aliphatic rings. The van der Waals surface area contributed by atoms with Gasteiger partial charge in [0, 0.05) is 16.6 Å². The summed E-state index contributed by atoms with van der Waals surface area (Å²) in [5.41, 5.74) is 1.70. The smallest absolute Gasteiger partial charge is 0.338 e. The number of nitrogens with zero attached hydrogens (tertiary/aromatic N) is 4. The molecule has 1 heterocycles. The second-order valence-corrected chi connectivity index (χ2v) is 6.23. The molecule has 8 nitrogen and oxygen atoms in total. The van der Waals surface area contributed by atoms with E-state index in [1.54, 1.807) is 42.5 Å². The second kappa shape index (κ2) is 8.61. The highest BCUT2D eigenvalue weighted by atomic mass is 35.5. The fraction of sp³-hybridized carbons (Fsp3) is 0.118. The van der Waals surface area contributed by atoms with E-state index in [0.717, 1.165) is 0 Å². The van der Waals surface area contributed by atoms with Gasteiger partial charge in [0.1, 0.15) is 6.33 Å². The topological polar surface area (TPSA) is 99.0 Å². The average molecular weight is 406 g/mol. The number of tetrazole rings is 1. The lowest BCUT2D eigenvalue weighted by atomic mass is 10.2. The Morgan fingerprint density at radius 1 is 1.11 bits per heavy atom. The van der Waals surface area contributed by atoms with Crippen LogP contribution in [-0.2, 0) is 16.1 Å². The lowest BCUT2D eigenvalue weighted by Crippen LogP contribution is -2.28. The van der Waals surface area contributed by atoms with Crippen molar-refractivity contribution in [2.75, 3.05) is 6.61 Å². The van der Waals surface area contributed by atoms with Crippen LogP contribution in [0.5, 0.6) is 0 Å². The van der Waals surface area contributed by atoms with Crippen molar-refractivity contribution in [2.24, 2.45) is 0 Å². The molecule has 2 aromatic carbocycles. The quantitative estimate of drug-likeness (QED) is 0.632. The molecule has 1 N–H and O–H groups in total. The van der Waals surface area contributed by atoms with E-state index in [1.165, 1.54) is 11.0 Å². The van der Waals surface area contributed by atoms with E-state index in [-0.39, 0.29) is 6.54 Å². The number of esters is 1. The van der Waals surface area contributed by atoms with Crippen LogP contribution in [0.25, 0.3) is 5.69 Å². The molecule has 1 aromatic heterocycles. The number of aromatic nitrogens is 4. The van der Waals surface area contributed by atoms with Gasteiger partial charge in [-0.15, -0.1) is 5.10 Å². The molecule has 0 fully saturated rings. The van der Waals surface area contributed by atoms with Crippen LogP contribution in [0, 0.1) is 0 Å². The highest BCUT2D eigenvalue weighted by Crippen LogP contribution is 2.20. The van der Waals surface area contributed by atoms with Gasteiger partial charge in [-0.05, 0) is 52.4 Å². The minimum Gasteiger partial charge on any atom is -0.452 e. The first-order valence-corrected chi connectivity index (χ1v) is 8.50. The molecule has 10 heteroatoms. The first-order valence-electron chi connectivity index (χ1n) is 7.74. The molecule has 3 aromatic rings. The van der Waals surface area contributed by atoms with Crippen LogP contribution in [0.1, 0.15) is 15.9 Å². The zero-order chi connectivity index (χ0) is 19.2. The van der Waals surface area contributed by atoms with E-state index >= 15 is 0 Å². The monoisotopic (exact) mass is 405 g/mol. The number of halogens is 2. The van der Waals surface area contributed by atoms with Gasteiger partial charge in [-0.2, -0.15) is 0 Å². The van der Waals surface area contributed by atoms with Crippen molar-refractivity contribution >= 4 is 35.1 Å². The number of hydrogen-bond donors (Lipinski definition) is 1. The highest BCUT2D eigenvalue weighted by molar-refractivity contribution is 6.35. The summed E-state index contributed by atoms with van der Waals surface area (Å²) in [6.07, 6.45) is 1.44. The maximum absolute atomic E-state index is 12.0. The number of amides is 1. The Bertz CT molecular complexity index is 946. The third-order valence-corrected chi connectivity index (χ3v) is 4.13. The Morgan fingerprint density at radius 3 is 2.56 bits per heavy atom. The summed E-state index contributed by atoms with van der Waals surface area (Å²) in [6, 6.07) is 11.4. The number of rotatable bonds is 6. The summed E-state index contributed by atoms with van der Waals surface area (Å²) in [7, 11) is 0. The molecular formula is C17H13Cl2N5O3. The summed E-state index contributed by atoms with van der Waals surface area (Å²) in [5.74, 6) is -1.06. The maximum Gasteiger partial charge on any atom is 0.338 e. The number of benzene rings is 2. The minimum atomic E-state index is -0.613. The van der Waals surface area contributed by atoms with Crippen molar-refractivity contribution in [3.63, 3.8) is 0 Å².